The molecule has 1 nitrogen and oxygen atoms in total. The lowest BCUT2D eigenvalue weighted by atomic mass is 10.2. The van der Waals surface area contributed by atoms with Crippen molar-refractivity contribution in [3.8, 4) is 6.07 Å². The molecule has 0 aromatic rings. The number of rotatable bonds is 2. The van der Waals surface area contributed by atoms with E-state index in [9.17, 15) is 0 Å². The highest BCUT2D eigenvalue weighted by Crippen LogP contribution is 2.23. The Bertz CT molecular complexity index is 154. The highest BCUT2D eigenvalue weighted by Gasteiger charge is 2.04. The van der Waals surface area contributed by atoms with Gasteiger partial charge in [0.25, 0.3) is 0 Å². The maximum Gasteiger partial charge on any atom is 0.0625 e. The molecule has 0 atom stereocenters. The molecule has 54 valence electrons. The van der Waals surface area contributed by atoms with Gasteiger partial charge in [-0.3, -0.25) is 0 Å². The zero-order chi connectivity index (χ0) is 7.23. The minimum atomic E-state index is 0.684. The van der Waals surface area contributed by atoms with E-state index in [2.05, 4.69) is 12.1 Å². The molecule has 0 bridgehead atoms. The summed E-state index contributed by atoms with van der Waals surface area (Å²) in [5.74, 6) is 0. The molecule has 10 heavy (non-hydrogen) atoms. The Morgan fingerprint density at radius 2 is 2.10 bits per heavy atom. The van der Waals surface area contributed by atoms with Crippen molar-refractivity contribution in [2.24, 2.45) is 0 Å². The highest BCUT2D eigenvalue weighted by atomic mass is 14.2. The molecule has 0 radical (unpaired) electrons. The molecule has 1 saturated carbocycles. The van der Waals surface area contributed by atoms with Crippen LogP contribution in [0.15, 0.2) is 11.6 Å². The number of hydrogen-bond donors (Lipinski definition) is 0. The van der Waals surface area contributed by atoms with E-state index in [0.717, 1.165) is 6.42 Å². The van der Waals surface area contributed by atoms with Gasteiger partial charge in [-0.1, -0.05) is 11.6 Å². The summed E-state index contributed by atoms with van der Waals surface area (Å²) in [6.07, 6.45) is 9.18. The Kier molecular flexibility index (Phi) is 3.02. The average molecular weight is 135 g/mol. The molecule has 1 rings (SSSR count). The van der Waals surface area contributed by atoms with E-state index in [0.29, 0.717) is 6.42 Å². The van der Waals surface area contributed by atoms with Crippen LogP contribution in [0.4, 0.5) is 0 Å². The predicted octanol–water partition coefficient (Wildman–Crippen LogP) is 2.79. The fourth-order valence-electron chi connectivity index (χ4n) is 1.37. The van der Waals surface area contributed by atoms with Crippen LogP contribution in [0.3, 0.4) is 0 Å². The van der Waals surface area contributed by atoms with Gasteiger partial charge >= 0.3 is 0 Å². The summed E-state index contributed by atoms with van der Waals surface area (Å²) >= 11 is 0. The van der Waals surface area contributed by atoms with Gasteiger partial charge in [-0.2, -0.15) is 5.26 Å². The first kappa shape index (κ1) is 7.34. The summed E-state index contributed by atoms with van der Waals surface area (Å²) in [4.78, 5) is 0. The van der Waals surface area contributed by atoms with Gasteiger partial charge in [-0.25, -0.2) is 0 Å². The zero-order valence-electron chi connectivity index (χ0n) is 6.27. The SMILES string of the molecule is N#CCCC=C1CCCC1. The van der Waals surface area contributed by atoms with E-state index in [-0.39, 0.29) is 0 Å². The molecule has 0 aromatic heterocycles. The minimum absolute atomic E-state index is 0.684. The van der Waals surface area contributed by atoms with E-state index in [1.54, 1.807) is 5.57 Å². The number of unbranched alkanes of at least 4 members (excludes halogenated alkanes) is 1. The molecule has 0 heterocycles. The van der Waals surface area contributed by atoms with E-state index < -0.39 is 0 Å². The molecule has 1 aliphatic carbocycles. The third kappa shape index (κ3) is 2.23. The van der Waals surface area contributed by atoms with Crippen LogP contribution in [-0.2, 0) is 0 Å². The van der Waals surface area contributed by atoms with Crippen LogP contribution < -0.4 is 0 Å². The molecule has 0 amide bonds. The molecular weight excluding hydrogens is 122 g/mol. The number of hydrogen-bond acceptors (Lipinski definition) is 1. The van der Waals surface area contributed by atoms with E-state index >= 15 is 0 Å². The summed E-state index contributed by atoms with van der Waals surface area (Å²) in [7, 11) is 0. The maximum atomic E-state index is 8.26. The van der Waals surface area contributed by atoms with Crippen molar-refractivity contribution in [2.75, 3.05) is 0 Å². The van der Waals surface area contributed by atoms with Crippen LogP contribution in [0, 0.1) is 11.3 Å². The molecule has 0 aliphatic heterocycles. The minimum Gasteiger partial charge on any atom is -0.198 e. The van der Waals surface area contributed by atoms with Crippen LogP contribution in [0.25, 0.3) is 0 Å². The Hall–Kier alpha value is -0.770. The van der Waals surface area contributed by atoms with Crippen LogP contribution in [-0.4, -0.2) is 0 Å². The van der Waals surface area contributed by atoms with Gasteiger partial charge in [0.1, 0.15) is 0 Å². The van der Waals surface area contributed by atoms with E-state index in [4.69, 9.17) is 5.26 Å². The lowest BCUT2D eigenvalue weighted by Crippen LogP contribution is -1.72. The number of allylic oxidation sites excluding steroid dienone is 2. The summed E-state index contributed by atoms with van der Waals surface area (Å²) in [5, 5.41) is 8.26. The molecule has 1 fully saturated rings. The van der Waals surface area contributed by atoms with E-state index in [1.807, 2.05) is 0 Å². The van der Waals surface area contributed by atoms with Gasteiger partial charge in [0.2, 0.25) is 0 Å². The Morgan fingerprint density at radius 1 is 1.40 bits per heavy atom. The maximum absolute atomic E-state index is 8.26. The van der Waals surface area contributed by atoms with Crippen molar-refractivity contribution >= 4 is 0 Å². The molecule has 1 heteroatoms. The average Bonchev–Trinajstić information content (AvgIpc) is 2.41. The smallest absolute Gasteiger partial charge is 0.0625 e. The molecule has 0 saturated heterocycles. The van der Waals surface area contributed by atoms with Crippen molar-refractivity contribution in [3.63, 3.8) is 0 Å². The van der Waals surface area contributed by atoms with Crippen LogP contribution in [0.2, 0.25) is 0 Å². The van der Waals surface area contributed by atoms with Gasteiger partial charge in [0, 0.05) is 6.42 Å². The molecule has 0 spiro atoms. The molecule has 1 aliphatic rings. The predicted molar refractivity (Wildman–Crippen MR) is 41.4 cm³/mol. The van der Waals surface area contributed by atoms with Crippen molar-refractivity contribution in [1.29, 1.82) is 5.26 Å². The van der Waals surface area contributed by atoms with Gasteiger partial charge in [0.05, 0.1) is 6.07 Å². The number of nitrogens with zero attached hydrogens (tertiary/aromatic N) is 1. The molecular formula is C9H13N. The first-order chi connectivity index (χ1) is 4.93. The van der Waals surface area contributed by atoms with Crippen molar-refractivity contribution < 1.29 is 0 Å². The van der Waals surface area contributed by atoms with Gasteiger partial charge in [0.15, 0.2) is 0 Å². The molecule has 0 N–H and O–H groups in total. The first-order valence-electron chi connectivity index (χ1n) is 3.98. The standard InChI is InChI=1S/C9H13N/c10-8-4-3-7-9-5-1-2-6-9/h7H,1-6H2. The lowest BCUT2D eigenvalue weighted by molar-refractivity contribution is 0.886. The Balaban J connectivity index is 2.20. The topological polar surface area (TPSA) is 23.8 Å². The fraction of sp³-hybridized carbons (Fsp3) is 0.667. The second-order valence-corrected chi connectivity index (χ2v) is 2.77. The van der Waals surface area contributed by atoms with Crippen LogP contribution in [0.1, 0.15) is 38.5 Å². The quantitative estimate of drug-likeness (QED) is 0.422. The highest BCUT2D eigenvalue weighted by molar-refractivity contribution is 5.06. The monoisotopic (exact) mass is 135 g/mol. The van der Waals surface area contributed by atoms with Gasteiger partial charge < -0.3 is 0 Å². The summed E-state index contributed by atoms with van der Waals surface area (Å²) in [5.41, 5.74) is 1.58. The molecule has 0 unspecified atom stereocenters. The first-order valence-corrected chi connectivity index (χ1v) is 3.98. The fourth-order valence-corrected chi connectivity index (χ4v) is 1.37. The van der Waals surface area contributed by atoms with Crippen LogP contribution in [0.5, 0.6) is 0 Å². The Morgan fingerprint density at radius 3 is 2.70 bits per heavy atom. The van der Waals surface area contributed by atoms with Crippen LogP contribution >= 0.6 is 0 Å². The van der Waals surface area contributed by atoms with Crippen molar-refractivity contribution in [1.82, 2.24) is 0 Å². The summed E-state index contributed by atoms with van der Waals surface area (Å²) < 4.78 is 0. The zero-order valence-corrected chi connectivity index (χ0v) is 6.27. The largest absolute Gasteiger partial charge is 0.198 e. The number of nitriles is 1. The summed E-state index contributed by atoms with van der Waals surface area (Å²) in [6, 6.07) is 2.15. The second-order valence-electron chi connectivity index (χ2n) is 2.77. The normalized spacial score (nSPS) is 16.9. The third-order valence-electron chi connectivity index (χ3n) is 1.93. The van der Waals surface area contributed by atoms with Gasteiger partial charge in [-0.15, -0.1) is 0 Å². The third-order valence-corrected chi connectivity index (χ3v) is 1.93. The second kappa shape index (κ2) is 4.11. The van der Waals surface area contributed by atoms with Gasteiger partial charge in [-0.05, 0) is 32.1 Å². The Labute approximate surface area is 62.4 Å². The van der Waals surface area contributed by atoms with Crippen molar-refractivity contribution in [3.05, 3.63) is 11.6 Å². The molecule has 0 aromatic carbocycles. The lowest BCUT2D eigenvalue weighted by Gasteiger charge is -1.91. The van der Waals surface area contributed by atoms with E-state index in [1.165, 1.54) is 25.7 Å². The summed E-state index contributed by atoms with van der Waals surface area (Å²) in [6.45, 7) is 0. The van der Waals surface area contributed by atoms with Crippen molar-refractivity contribution in [2.45, 2.75) is 38.5 Å².